The lowest BCUT2D eigenvalue weighted by Crippen LogP contribution is -2.48. The van der Waals surface area contributed by atoms with Gasteiger partial charge in [0.05, 0.1) is 12.6 Å². The molecule has 0 aromatic carbocycles. The standard InChI is InChI=1S/C19H34N4O3/c1-5-15(4)10-20-19(25)16-13-26-18(21-16)12-23-8-6-22(7-9-23)11-17(24)14(2)3/h13-15,17,24H,5-12H2,1-4H3,(H,20,25). The second-order valence-corrected chi connectivity index (χ2v) is 7.74. The summed E-state index contributed by atoms with van der Waals surface area (Å²) < 4.78 is 5.48. The molecule has 0 spiro atoms. The van der Waals surface area contributed by atoms with Gasteiger partial charge in [0.1, 0.15) is 6.26 Å². The molecule has 2 heterocycles. The average Bonchev–Trinajstić information content (AvgIpc) is 3.09. The van der Waals surface area contributed by atoms with E-state index in [0.717, 1.165) is 39.1 Å². The van der Waals surface area contributed by atoms with Crippen LogP contribution >= 0.6 is 0 Å². The van der Waals surface area contributed by atoms with Crippen LogP contribution in [0.5, 0.6) is 0 Å². The van der Waals surface area contributed by atoms with E-state index < -0.39 is 0 Å². The van der Waals surface area contributed by atoms with E-state index in [1.807, 2.05) is 13.8 Å². The van der Waals surface area contributed by atoms with Gasteiger partial charge in [-0.3, -0.25) is 14.6 Å². The molecule has 2 unspecified atom stereocenters. The Kier molecular flexibility index (Phi) is 8.06. The third-order valence-electron chi connectivity index (χ3n) is 5.13. The summed E-state index contributed by atoms with van der Waals surface area (Å²) >= 11 is 0. The zero-order valence-electron chi connectivity index (χ0n) is 16.6. The van der Waals surface area contributed by atoms with Crippen molar-refractivity contribution in [3.05, 3.63) is 17.8 Å². The van der Waals surface area contributed by atoms with Gasteiger partial charge in [-0.1, -0.05) is 34.1 Å². The van der Waals surface area contributed by atoms with Crippen LogP contribution in [0.4, 0.5) is 0 Å². The van der Waals surface area contributed by atoms with Crippen molar-refractivity contribution in [1.82, 2.24) is 20.1 Å². The van der Waals surface area contributed by atoms with Crippen LogP contribution in [0.25, 0.3) is 0 Å². The lowest BCUT2D eigenvalue weighted by molar-refractivity contribution is 0.0463. The topological polar surface area (TPSA) is 81.8 Å². The zero-order valence-corrected chi connectivity index (χ0v) is 16.6. The van der Waals surface area contributed by atoms with E-state index >= 15 is 0 Å². The fourth-order valence-corrected chi connectivity index (χ4v) is 2.79. The Morgan fingerprint density at radius 1 is 1.27 bits per heavy atom. The van der Waals surface area contributed by atoms with Gasteiger partial charge in [0.25, 0.3) is 5.91 Å². The van der Waals surface area contributed by atoms with Gasteiger partial charge in [0, 0.05) is 39.3 Å². The van der Waals surface area contributed by atoms with Crippen LogP contribution in [0.2, 0.25) is 0 Å². The van der Waals surface area contributed by atoms with Gasteiger partial charge in [0.15, 0.2) is 5.69 Å². The van der Waals surface area contributed by atoms with Crippen molar-refractivity contribution in [2.75, 3.05) is 39.3 Å². The summed E-state index contributed by atoms with van der Waals surface area (Å²) in [5.74, 6) is 1.14. The van der Waals surface area contributed by atoms with Crippen LogP contribution in [0, 0.1) is 11.8 Å². The monoisotopic (exact) mass is 366 g/mol. The number of amides is 1. The number of aliphatic hydroxyl groups is 1. The highest BCUT2D eigenvalue weighted by Gasteiger charge is 2.22. The van der Waals surface area contributed by atoms with Gasteiger partial charge in [-0.25, -0.2) is 4.98 Å². The molecular formula is C19H34N4O3. The van der Waals surface area contributed by atoms with Crippen molar-refractivity contribution in [3.63, 3.8) is 0 Å². The summed E-state index contributed by atoms with van der Waals surface area (Å²) in [5.41, 5.74) is 0.349. The van der Waals surface area contributed by atoms with E-state index in [4.69, 9.17) is 4.42 Å². The Hall–Kier alpha value is -1.44. The molecule has 2 N–H and O–H groups in total. The summed E-state index contributed by atoms with van der Waals surface area (Å²) in [6, 6.07) is 0. The minimum absolute atomic E-state index is 0.173. The molecule has 1 aliphatic rings. The smallest absolute Gasteiger partial charge is 0.273 e. The van der Waals surface area contributed by atoms with E-state index in [1.165, 1.54) is 6.26 Å². The highest BCUT2D eigenvalue weighted by atomic mass is 16.3. The molecular weight excluding hydrogens is 332 g/mol. The Labute approximate surface area is 156 Å². The van der Waals surface area contributed by atoms with Crippen molar-refractivity contribution in [2.45, 2.75) is 46.8 Å². The van der Waals surface area contributed by atoms with Crippen molar-refractivity contribution in [3.8, 4) is 0 Å². The fraction of sp³-hybridized carbons (Fsp3) is 0.789. The summed E-state index contributed by atoms with van der Waals surface area (Å²) in [6.07, 6.45) is 2.20. The minimum Gasteiger partial charge on any atom is -0.447 e. The number of carbonyl (C=O) groups is 1. The highest BCUT2D eigenvalue weighted by molar-refractivity contribution is 5.91. The van der Waals surface area contributed by atoms with E-state index in [1.54, 1.807) is 0 Å². The molecule has 1 saturated heterocycles. The normalized spacial score (nSPS) is 18.8. The number of nitrogens with one attached hydrogen (secondary N) is 1. The first kappa shape index (κ1) is 20.9. The summed E-state index contributed by atoms with van der Waals surface area (Å²) in [4.78, 5) is 21.0. The van der Waals surface area contributed by atoms with E-state index in [2.05, 4.69) is 33.9 Å². The van der Waals surface area contributed by atoms with Crippen LogP contribution in [0.1, 0.15) is 50.5 Å². The molecule has 0 bridgehead atoms. The van der Waals surface area contributed by atoms with Gasteiger partial charge in [0.2, 0.25) is 5.89 Å². The first-order chi connectivity index (χ1) is 12.4. The molecule has 2 rings (SSSR count). The molecule has 148 valence electrons. The minimum atomic E-state index is -0.273. The summed E-state index contributed by atoms with van der Waals surface area (Å²) in [6.45, 7) is 13.9. The molecule has 1 aromatic heterocycles. The molecule has 0 saturated carbocycles. The van der Waals surface area contributed by atoms with Gasteiger partial charge in [-0.15, -0.1) is 0 Å². The maximum Gasteiger partial charge on any atom is 0.273 e. The molecule has 1 amide bonds. The second-order valence-electron chi connectivity index (χ2n) is 7.74. The summed E-state index contributed by atoms with van der Waals surface area (Å²) in [5, 5.41) is 12.9. The highest BCUT2D eigenvalue weighted by Crippen LogP contribution is 2.11. The van der Waals surface area contributed by atoms with Gasteiger partial charge >= 0.3 is 0 Å². The molecule has 1 aliphatic heterocycles. The largest absolute Gasteiger partial charge is 0.447 e. The molecule has 0 radical (unpaired) electrons. The number of carbonyl (C=O) groups excluding carboxylic acids is 1. The van der Waals surface area contributed by atoms with Crippen molar-refractivity contribution in [2.24, 2.45) is 11.8 Å². The van der Waals surface area contributed by atoms with Crippen LogP contribution in [0.15, 0.2) is 10.7 Å². The van der Waals surface area contributed by atoms with E-state index in [0.29, 0.717) is 30.6 Å². The van der Waals surface area contributed by atoms with Crippen molar-refractivity contribution >= 4 is 5.91 Å². The Morgan fingerprint density at radius 2 is 1.92 bits per heavy atom. The lowest BCUT2D eigenvalue weighted by Gasteiger charge is -2.35. The fourth-order valence-electron chi connectivity index (χ4n) is 2.79. The van der Waals surface area contributed by atoms with Gasteiger partial charge < -0.3 is 14.8 Å². The van der Waals surface area contributed by atoms with E-state index in [9.17, 15) is 9.90 Å². The number of hydrogen-bond acceptors (Lipinski definition) is 6. The predicted octanol–water partition coefficient (Wildman–Crippen LogP) is 1.58. The predicted molar refractivity (Wildman–Crippen MR) is 101 cm³/mol. The maximum absolute atomic E-state index is 12.1. The van der Waals surface area contributed by atoms with Crippen molar-refractivity contribution in [1.29, 1.82) is 0 Å². The molecule has 26 heavy (non-hydrogen) atoms. The third-order valence-corrected chi connectivity index (χ3v) is 5.13. The molecule has 1 fully saturated rings. The van der Waals surface area contributed by atoms with E-state index in [-0.39, 0.29) is 17.9 Å². The Balaban J connectivity index is 1.75. The molecule has 2 atom stereocenters. The third kappa shape index (κ3) is 6.37. The SMILES string of the molecule is CCC(C)CNC(=O)c1coc(CN2CCN(CC(O)C(C)C)CC2)n1. The Bertz CT molecular complexity index is 553. The number of oxazole rings is 1. The molecule has 7 nitrogen and oxygen atoms in total. The maximum atomic E-state index is 12.1. The van der Waals surface area contributed by atoms with Crippen LogP contribution in [0.3, 0.4) is 0 Å². The molecule has 1 aromatic rings. The van der Waals surface area contributed by atoms with Gasteiger partial charge in [-0.2, -0.15) is 0 Å². The number of hydrogen-bond donors (Lipinski definition) is 2. The average molecular weight is 367 g/mol. The number of aliphatic hydroxyl groups excluding tert-OH is 1. The number of aromatic nitrogens is 1. The quantitative estimate of drug-likeness (QED) is 0.691. The van der Waals surface area contributed by atoms with Gasteiger partial charge in [-0.05, 0) is 11.8 Å². The number of rotatable bonds is 9. The van der Waals surface area contributed by atoms with Crippen LogP contribution < -0.4 is 5.32 Å². The van der Waals surface area contributed by atoms with Crippen LogP contribution in [-0.4, -0.2) is 71.2 Å². The molecule has 0 aliphatic carbocycles. The lowest BCUT2D eigenvalue weighted by atomic mass is 10.1. The van der Waals surface area contributed by atoms with Crippen molar-refractivity contribution < 1.29 is 14.3 Å². The first-order valence-corrected chi connectivity index (χ1v) is 9.74. The number of β-amino-alcohol motifs (C(OH)–C–C–N with tert-alkyl or cyclic N) is 1. The number of piperazine rings is 1. The first-order valence-electron chi connectivity index (χ1n) is 9.74. The molecule has 7 heteroatoms. The zero-order chi connectivity index (χ0) is 19.1. The summed E-state index contributed by atoms with van der Waals surface area (Å²) in [7, 11) is 0. The second kappa shape index (κ2) is 10.0. The Morgan fingerprint density at radius 3 is 2.54 bits per heavy atom. The number of nitrogens with zero attached hydrogens (tertiary/aromatic N) is 3. The van der Waals surface area contributed by atoms with Crippen LogP contribution in [-0.2, 0) is 6.54 Å².